The number of benzene rings is 1. The number of carboxylic acid groups (broad SMARTS) is 1. The molecule has 2 bridgehead atoms. The number of carbonyl (C=O) groups is 1. The van der Waals surface area contributed by atoms with Crippen LogP contribution < -0.4 is 5.11 Å². The maximum Gasteiger partial charge on any atom is 0.112 e. The van der Waals surface area contributed by atoms with Gasteiger partial charge in [0.15, 0.2) is 0 Å². The van der Waals surface area contributed by atoms with Gasteiger partial charge in [0.1, 0.15) is 5.69 Å². The second-order valence-electron chi connectivity index (χ2n) is 7.29. The van der Waals surface area contributed by atoms with Crippen molar-refractivity contribution < 1.29 is 9.90 Å². The Labute approximate surface area is 129 Å². The van der Waals surface area contributed by atoms with Gasteiger partial charge in [-0.2, -0.15) is 5.10 Å². The summed E-state index contributed by atoms with van der Waals surface area (Å²) in [6, 6.07) is 9.78. The lowest BCUT2D eigenvalue weighted by atomic mass is 9.70. The van der Waals surface area contributed by atoms with Gasteiger partial charge in [0.2, 0.25) is 0 Å². The lowest BCUT2D eigenvalue weighted by molar-refractivity contribution is -0.255. The molecule has 1 aromatic heterocycles. The highest BCUT2D eigenvalue weighted by Gasteiger charge is 2.62. The van der Waals surface area contributed by atoms with Crippen molar-refractivity contribution in [3.8, 4) is 5.69 Å². The number of aromatic nitrogens is 2. The molecule has 4 rings (SSSR count). The molecule has 4 nitrogen and oxygen atoms in total. The number of carbonyl (C=O) groups excluding carboxylic acids is 1. The number of carboxylic acids is 1. The monoisotopic (exact) mass is 295 g/mol. The van der Waals surface area contributed by atoms with E-state index in [1.165, 1.54) is 0 Å². The van der Waals surface area contributed by atoms with Gasteiger partial charge in [-0.25, -0.2) is 4.68 Å². The average Bonchev–Trinajstić information content (AvgIpc) is 3.03. The quantitative estimate of drug-likeness (QED) is 0.855. The summed E-state index contributed by atoms with van der Waals surface area (Å²) in [4.78, 5) is 11.6. The van der Waals surface area contributed by atoms with E-state index in [1.807, 2.05) is 35.0 Å². The molecule has 1 fully saturated rings. The predicted molar refractivity (Wildman–Crippen MR) is 81.0 cm³/mol. The molecule has 114 valence electrons. The Kier molecular flexibility index (Phi) is 2.47. The first-order chi connectivity index (χ1) is 10.4. The van der Waals surface area contributed by atoms with Gasteiger partial charge in [-0.1, -0.05) is 39.0 Å². The van der Waals surface area contributed by atoms with E-state index >= 15 is 0 Å². The van der Waals surface area contributed by atoms with Gasteiger partial charge in [0.25, 0.3) is 0 Å². The minimum absolute atomic E-state index is 0.0430. The van der Waals surface area contributed by atoms with Gasteiger partial charge in [-0.3, -0.25) is 0 Å². The molecular formula is C18H19N2O2-. The molecule has 2 aliphatic carbocycles. The second kappa shape index (κ2) is 4.00. The summed E-state index contributed by atoms with van der Waals surface area (Å²) in [5.74, 6) is -0.921. The Balaban J connectivity index is 2.05. The molecule has 0 amide bonds. The summed E-state index contributed by atoms with van der Waals surface area (Å²) in [6.07, 6.45) is 2.10. The van der Waals surface area contributed by atoms with E-state index in [1.54, 1.807) is 0 Å². The maximum absolute atomic E-state index is 11.6. The lowest BCUT2D eigenvalue weighted by Gasteiger charge is -2.35. The summed E-state index contributed by atoms with van der Waals surface area (Å²) >= 11 is 0. The van der Waals surface area contributed by atoms with E-state index in [2.05, 4.69) is 25.9 Å². The largest absolute Gasteiger partial charge is 0.543 e. The van der Waals surface area contributed by atoms with Crippen LogP contribution in [0.3, 0.4) is 0 Å². The molecule has 0 radical (unpaired) electrons. The van der Waals surface area contributed by atoms with Gasteiger partial charge in [-0.05, 0) is 36.3 Å². The van der Waals surface area contributed by atoms with E-state index in [4.69, 9.17) is 0 Å². The molecule has 0 N–H and O–H groups in total. The minimum atomic E-state index is -1.17. The van der Waals surface area contributed by atoms with Crippen LogP contribution >= 0.6 is 0 Å². The Bertz CT molecular complexity index is 776. The maximum atomic E-state index is 11.6. The molecule has 0 unspecified atom stereocenters. The number of fused-ring (bicyclic) bond motifs is 5. The first-order valence-corrected chi connectivity index (χ1v) is 7.78. The van der Waals surface area contributed by atoms with Crippen LogP contribution in [0, 0.1) is 5.41 Å². The zero-order valence-corrected chi connectivity index (χ0v) is 13.1. The fraction of sp³-hybridized carbons (Fsp3) is 0.444. The van der Waals surface area contributed by atoms with Crippen molar-refractivity contribution in [1.29, 1.82) is 0 Å². The van der Waals surface area contributed by atoms with Crippen molar-refractivity contribution in [3.63, 3.8) is 0 Å². The molecule has 1 saturated carbocycles. The average molecular weight is 295 g/mol. The highest BCUT2D eigenvalue weighted by atomic mass is 16.4. The third-order valence-electron chi connectivity index (χ3n) is 6.21. The minimum Gasteiger partial charge on any atom is -0.543 e. The predicted octanol–water partition coefficient (Wildman–Crippen LogP) is 2.41. The highest BCUT2D eigenvalue weighted by Crippen LogP contribution is 2.68. The zero-order valence-electron chi connectivity index (χ0n) is 13.1. The van der Waals surface area contributed by atoms with Crippen LogP contribution in [0.1, 0.15) is 61.3 Å². The molecule has 2 atom stereocenters. The van der Waals surface area contributed by atoms with Crippen molar-refractivity contribution in [3.05, 3.63) is 47.3 Å². The molecule has 1 aromatic carbocycles. The Hall–Kier alpha value is -2.10. The van der Waals surface area contributed by atoms with Crippen LogP contribution in [0.25, 0.3) is 5.69 Å². The molecule has 4 heteroatoms. The van der Waals surface area contributed by atoms with Crippen molar-refractivity contribution in [1.82, 2.24) is 9.78 Å². The molecule has 0 saturated heterocycles. The van der Waals surface area contributed by atoms with Crippen LogP contribution in [0.4, 0.5) is 0 Å². The van der Waals surface area contributed by atoms with Crippen LogP contribution in [0.15, 0.2) is 30.3 Å². The van der Waals surface area contributed by atoms with Crippen LogP contribution in [-0.2, 0) is 5.41 Å². The van der Waals surface area contributed by atoms with Crippen molar-refractivity contribution in [2.24, 2.45) is 5.41 Å². The summed E-state index contributed by atoms with van der Waals surface area (Å²) in [5.41, 5.74) is 3.00. The lowest BCUT2D eigenvalue weighted by Crippen LogP contribution is -2.34. The van der Waals surface area contributed by atoms with Crippen molar-refractivity contribution in [2.75, 3.05) is 0 Å². The highest BCUT2D eigenvalue weighted by molar-refractivity contribution is 5.87. The summed E-state index contributed by atoms with van der Waals surface area (Å²) < 4.78 is 1.83. The van der Waals surface area contributed by atoms with Crippen LogP contribution in [-0.4, -0.2) is 15.7 Å². The van der Waals surface area contributed by atoms with E-state index in [0.717, 1.165) is 29.8 Å². The van der Waals surface area contributed by atoms with Gasteiger partial charge in [-0.15, -0.1) is 0 Å². The number of nitrogens with zero attached hydrogens (tertiary/aromatic N) is 2. The molecule has 2 aliphatic rings. The van der Waals surface area contributed by atoms with Crippen molar-refractivity contribution >= 4 is 5.97 Å². The fourth-order valence-corrected chi connectivity index (χ4v) is 4.63. The summed E-state index contributed by atoms with van der Waals surface area (Å²) in [5, 5.41) is 16.0. The summed E-state index contributed by atoms with van der Waals surface area (Å²) in [6.45, 7) is 6.75. The number of aromatic carboxylic acids is 1. The third-order valence-corrected chi connectivity index (χ3v) is 6.21. The van der Waals surface area contributed by atoms with E-state index in [9.17, 15) is 9.90 Å². The Morgan fingerprint density at radius 3 is 2.59 bits per heavy atom. The summed E-state index contributed by atoms with van der Waals surface area (Å²) in [7, 11) is 0. The molecule has 2 aromatic rings. The molecule has 0 aliphatic heterocycles. The Morgan fingerprint density at radius 1 is 1.27 bits per heavy atom. The first-order valence-electron chi connectivity index (χ1n) is 7.78. The zero-order chi connectivity index (χ0) is 15.7. The van der Waals surface area contributed by atoms with Gasteiger partial charge in [0.05, 0.1) is 17.4 Å². The first kappa shape index (κ1) is 13.6. The van der Waals surface area contributed by atoms with E-state index in [0.29, 0.717) is 0 Å². The SMILES string of the molecule is CC1(C)[C@@H]2CC[C@@]1(C)c1c2c(C(=O)[O-])nn1-c1ccccc1. The number of hydrogen-bond donors (Lipinski definition) is 0. The third kappa shape index (κ3) is 1.38. The van der Waals surface area contributed by atoms with Crippen molar-refractivity contribution in [2.45, 2.75) is 44.9 Å². The molecule has 0 spiro atoms. The normalized spacial score (nSPS) is 27.9. The van der Waals surface area contributed by atoms with Gasteiger partial charge >= 0.3 is 0 Å². The standard InChI is InChI=1S/C18H20N2O2/c1-17(2)12-9-10-18(17,3)15-13(12)14(16(21)22)19-20(15)11-7-5-4-6-8-11/h4-8,12H,9-10H2,1-3H3,(H,21,22)/p-1/t12-,18+/m1/s1. The topological polar surface area (TPSA) is 57.9 Å². The molecule has 1 heterocycles. The fourth-order valence-electron chi connectivity index (χ4n) is 4.63. The smallest absolute Gasteiger partial charge is 0.112 e. The second-order valence-corrected chi connectivity index (χ2v) is 7.29. The van der Waals surface area contributed by atoms with Crippen LogP contribution in [0.5, 0.6) is 0 Å². The molecule has 22 heavy (non-hydrogen) atoms. The van der Waals surface area contributed by atoms with Gasteiger partial charge in [0, 0.05) is 11.0 Å². The molecular weight excluding hydrogens is 276 g/mol. The number of para-hydroxylation sites is 1. The van der Waals surface area contributed by atoms with Gasteiger partial charge < -0.3 is 9.90 Å². The number of hydrogen-bond acceptors (Lipinski definition) is 3. The van der Waals surface area contributed by atoms with Crippen LogP contribution in [0.2, 0.25) is 0 Å². The Morgan fingerprint density at radius 2 is 1.95 bits per heavy atom. The number of rotatable bonds is 2. The van der Waals surface area contributed by atoms with E-state index in [-0.39, 0.29) is 22.4 Å². The van der Waals surface area contributed by atoms with E-state index < -0.39 is 5.97 Å².